The third kappa shape index (κ3) is 4.96. The number of nitrogens with one attached hydrogen (secondary N) is 1. The molecule has 0 saturated heterocycles. The van der Waals surface area contributed by atoms with Crippen LogP contribution in [0.1, 0.15) is 77.3 Å². The summed E-state index contributed by atoms with van der Waals surface area (Å²) in [4.78, 5) is 20.4. The summed E-state index contributed by atoms with van der Waals surface area (Å²) >= 11 is 1.70. The number of pyridine rings is 1. The Morgan fingerprint density at radius 1 is 1.11 bits per heavy atom. The number of aryl methyl sites for hydroxylation is 2. The number of fused-ring (bicyclic) bond motifs is 1. The largest absolute Gasteiger partial charge is 0.468 e. The molecule has 1 atom stereocenters. The molecule has 5 aromatic rings. The van der Waals surface area contributed by atoms with E-state index in [1.165, 1.54) is 16.9 Å². The lowest BCUT2D eigenvalue weighted by Gasteiger charge is -2.32. The van der Waals surface area contributed by atoms with Gasteiger partial charge in [0.05, 0.1) is 18.8 Å². The van der Waals surface area contributed by atoms with Crippen molar-refractivity contribution in [2.24, 2.45) is 0 Å². The van der Waals surface area contributed by atoms with Crippen LogP contribution in [0.4, 0.5) is 0 Å². The third-order valence-electron chi connectivity index (χ3n) is 7.71. The van der Waals surface area contributed by atoms with Crippen LogP contribution < -0.4 is 5.56 Å². The van der Waals surface area contributed by atoms with Gasteiger partial charge < -0.3 is 9.40 Å². The van der Waals surface area contributed by atoms with Crippen LogP contribution in [0.25, 0.3) is 10.9 Å². The number of furan rings is 1. The zero-order valence-electron chi connectivity index (χ0n) is 21.8. The average Bonchev–Trinajstić information content (AvgIpc) is 3.70. The number of thiophene rings is 1. The first-order chi connectivity index (χ1) is 18.6. The van der Waals surface area contributed by atoms with Crippen molar-refractivity contribution in [1.82, 2.24) is 30.1 Å². The molecule has 1 aliphatic rings. The number of H-pyrrole nitrogens is 1. The van der Waals surface area contributed by atoms with E-state index in [0.717, 1.165) is 47.9 Å². The van der Waals surface area contributed by atoms with Crippen LogP contribution in [0, 0.1) is 13.8 Å². The highest BCUT2D eigenvalue weighted by atomic mass is 32.1. The Morgan fingerprint density at radius 2 is 1.95 bits per heavy atom. The molecule has 8 nitrogen and oxygen atoms in total. The first kappa shape index (κ1) is 24.8. The highest BCUT2D eigenvalue weighted by molar-refractivity contribution is 7.09. The van der Waals surface area contributed by atoms with Crippen molar-refractivity contribution in [3.05, 3.63) is 97.6 Å². The van der Waals surface area contributed by atoms with Crippen LogP contribution >= 0.6 is 11.3 Å². The number of aromatic nitrogens is 5. The smallest absolute Gasteiger partial charge is 0.253 e. The number of rotatable bonds is 8. The summed E-state index contributed by atoms with van der Waals surface area (Å²) in [6, 6.07) is 14.0. The molecule has 1 aromatic carbocycles. The predicted molar refractivity (Wildman–Crippen MR) is 148 cm³/mol. The van der Waals surface area contributed by atoms with E-state index >= 15 is 0 Å². The maximum atomic E-state index is 13.8. The quantitative estimate of drug-likeness (QED) is 0.262. The van der Waals surface area contributed by atoms with E-state index < -0.39 is 6.04 Å². The van der Waals surface area contributed by atoms with Crippen molar-refractivity contribution >= 4 is 22.2 Å². The molecular weight excluding hydrogens is 496 g/mol. The lowest BCUT2D eigenvalue weighted by Crippen LogP contribution is -2.35. The minimum Gasteiger partial charge on any atom is -0.468 e. The fraction of sp³-hybridized carbons (Fsp3) is 0.379. The number of aromatic amines is 1. The summed E-state index contributed by atoms with van der Waals surface area (Å²) in [5.74, 6) is 1.53. The summed E-state index contributed by atoms with van der Waals surface area (Å²) in [6.07, 6.45) is 7.34. The minimum atomic E-state index is -0.464. The van der Waals surface area contributed by atoms with Gasteiger partial charge in [-0.15, -0.1) is 16.4 Å². The Morgan fingerprint density at radius 3 is 2.71 bits per heavy atom. The first-order valence-corrected chi connectivity index (χ1v) is 14.2. The molecule has 1 aliphatic carbocycles. The van der Waals surface area contributed by atoms with E-state index in [2.05, 4.69) is 62.8 Å². The van der Waals surface area contributed by atoms with Crippen molar-refractivity contribution < 1.29 is 4.42 Å². The van der Waals surface area contributed by atoms with Gasteiger partial charge in [0.25, 0.3) is 5.56 Å². The summed E-state index contributed by atoms with van der Waals surface area (Å²) in [5, 5.41) is 16.3. The van der Waals surface area contributed by atoms with Crippen LogP contribution in [-0.2, 0) is 13.1 Å². The van der Waals surface area contributed by atoms with Gasteiger partial charge in [-0.3, -0.25) is 9.69 Å². The van der Waals surface area contributed by atoms with Gasteiger partial charge in [0.15, 0.2) is 5.82 Å². The van der Waals surface area contributed by atoms with Crippen LogP contribution in [0.3, 0.4) is 0 Å². The van der Waals surface area contributed by atoms with Crippen molar-refractivity contribution in [1.29, 1.82) is 0 Å². The molecule has 0 bridgehead atoms. The third-order valence-corrected chi connectivity index (χ3v) is 8.57. The van der Waals surface area contributed by atoms with Gasteiger partial charge in [0.1, 0.15) is 11.8 Å². The van der Waals surface area contributed by atoms with Crippen LogP contribution in [0.15, 0.2) is 63.3 Å². The van der Waals surface area contributed by atoms with Crippen LogP contribution in [0.5, 0.6) is 0 Å². The second-order valence-electron chi connectivity index (χ2n) is 10.3. The lowest BCUT2D eigenvalue weighted by molar-refractivity contribution is 0.175. The first-order valence-electron chi connectivity index (χ1n) is 13.3. The normalized spacial score (nSPS) is 15.4. The van der Waals surface area contributed by atoms with Gasteiger partial charge in [-0.2, -0.15) is 0 Å². The number of benzene rings is 1. The monoisotopic (exact) mass is 528 g/mol. The standard InChI is InChI=1S/C29H32N6O2S/c1-19-14-21-16-25(29(36)30-26(21)15-20(19)2)27(28-31-32-33-35(28)22-8-4-3-5-9-22)34(17-23-10-6-12-37-23)18-24-11-7-13-38-24/h6-7,10-16,22,27H,3-5,8-9,17-18H2,1-2H3,(H,30,36)/t27-/m1/s1. The number of nitrogens with zero attached hydrogens (tertiary/aromatic N) is 5. The fourth-order valence-corrected chi connectivity index (χ4v) is 6.34. The fourth-order valence-electron chi connectivity index (χ4n) is 5.61. The Hall–Kier alpha value is -3.56. The van der Waals surface area contributed by atoms with Crippen molar-refractivity contribution in [3.63, 3.8) is 0 Å². The maximum Gasteiger partial charge on any atom is 0.253 e. The Bertz CT molecular complexity index is 1530. The van der Waals surface area contributed by atoms with E-state index in [1.54, 1.807) is 17.6 Å². The second kappa shape index (κ2) is 10.7. The Balaban J connectivity index is 1.53. The molecule has 1 saturated carbocycles. The molecule has 4 heterocycles. The Labute approximate surface area is 225 Å². The zero-order chi connectivity index (χ0) is 26.1. The molecule has 0 unspecified atom stereocenters. The summed E-state index contributed by atoms with van der Waals surface area (Å²) in [6.45, 7) is 5.30. The number of hydrogen-bond donors (Lipinski definition) is 1. The van der Waals surface area contributed by atoms with Crippen LogP contribution in [0.2, 0.25) is 0 Å². The zero-order valence-corrected chi connectivity index (χ0v) is 22.6. The SMILES string of the molecule is Cc1cc2cc([C@H](c3nnnn3C3CCCCC3)N(Cc3ccco3)Cc3cccs3)c(=O)[nH]c2cc1C. The predicted octanol–water partition coefficient (Wildman–Crippen LogP) is 6.08. The van der Waals surface area contributed by atoms with E-state index in [0.29, 0.717) is 24.5 Å². The summed E-state index contributed by atoms with van der Waals surface area (Å²) < 4.78 is 7.76. The molecule has 0 spiro atoms. The van der Waals surface area contributed by atoms with Crippen molar-refractivity contribution in [2.75, 3.05) is 0 Å². The molecular formula is C29H32N6O2S. The lowest BCUT2D eigenvalue weighted by atomic mass is 9.95. The van der Waals surface area contributed by atoms with Gasteiger partial charge in [-0.05, 0) is 95.4 Å². The van der Waals surface area contributed by atoms with Gasteiger partial charge >= 0.3 is 0 Å². The van der Waals surface area contributed by atoms with Gasteiger partial charge in [0.2, 0.25) is 0 Å². The number of tetrazole rings is 1. The summed E-state index contributed by atoms with van der Waals surface area (Å²) in [7, 11) is 0. The molecule has 6 rings (SSSR count). The maximum absolute atomic E-state index is 13.8. The topological polar surface area (TPSA) is 92.8 Å². The van der Waals surface area contributed by atoms with E-state index in [1.807, 2.05) is 28.9 Å². The molecule has 4 aromatic heterocycles. The Kier molecular flexibility index (Phi) is 6.95. The minimum absolute atomic E-state index is 0.125. The molecule has 9 heteroatoms. The molecule has 196 valence electrons. The molecule has 0 aliphatic heterocycles. The molecule has 0 radical (unpaired) electrons. The van der Waals surface area contributed by atoms with E-state index in [9.17, 15) is 4.79 Å². The van der Waals surface area contributed by atoms with E-state index in [4.69, 9.17) is 4.42 Å². The van der Waals surface area contributed by atoms with Crippen LogP contribution in [-0.4, -0.2) is 30.1 Å². The molecule has 0 amide bonds. The van der Waals surface area contributed by atoms with Crippen molar-refractivity contribution in [2.45, 2.75) is 71.1 Å². The average molecular weight is 529 g/mol. The molecule has 38 heavy (non-hydrogen) atoms. The second-order valence-corrected chi connectivity index (χ2v) is 11.3. The van der Waals surface area contributed by atoms with Gasteiger partial charge in [-0.25, -0.2) is 4.68 Å². The highest BCUT2D eigenvalue weighted by Crippen LogP contribution is 2.35. The molecule has 1 fully saturated rings. The highest BCUT2D eigenvalue weighted by Gasteiger charge is 2.33. The van der Waals surface area contributed by atoms with E-state index in [-0.39, 0.29) is 11.6 Å². The van der Waals surface area contributed by atoms with Gasteiger partial charge in [-0.1, -0.05) is 25.3 Å². The molecule has 1 N–H and O–H groups in total. The van der Waals surface area contributed by atoms with Gasteiger partial charge in [0, 0.05) is 22.5 Å². The van der Waals surface area contributed by atoms with Crippen molar-refractivity contribution in [3.8, 4) is 0 Å². The summed E-state index contributed by atoms with van der Waals surface area (Å²) in [5.41, 5.74) is 3.68. The number of hydrogen-bond acceptors (Lipinski definition) is 7.